The summed E-state index contributed by atoms with van der Waals surface area (Å²) in [6, 6.07) is 0.696. The average Bonchev–Trinajstić information content (AvgIpc) is 2.76. The molecule has 0 aromatic rings. The zero-order valence-electron chi connectivity index (χ0n) is 18.9. The van der Waals surface area contributed by atoms with E-state index in [1.54, 1.807) is 0 Å². The molecule has 3 aliphatic carbocycles. The monoisotopic (exact) mass is 424 g/mol. The van der Waals surface area contributed by atoms with E-state index >= 15 is 0 Å². The van der Waals surface area contributed by atoms with Gasteiger partial charge in [0.25, 0.3) is 0 Å². The van der Waals surface area contributed by atoms with Crippen molar-refractivity contribution in [3.8, 4) is 0 Å². The fraction of sp³-hybridized carbons (Fsp3) is 1.00. The first kappa shape index (κ1) is 22.1. The Morgan fingerprint density at radius 3 is 2.00 bits per heavy atom. The largest absolute Gasteiger partial charge is 0.298 e. The molecule has 168 valence electrons. The van der Waals surface area contributed by atoms with E-state index < -0.39 is 10.0 Å². The summed E-state index contributed by atoms with van der Waals surface area (Å²) in [6.07, 6.45) is 14.9. The Morgan fingerprint density at radius 1 is 0.690 bits per heavy atom. The van der Waals surface area contributed by atoms with Gasteiger partial charge in [0.1, 0.15) is 0 Å². The third kappa shape index (κ3) is 4.87. The Kier molecular flexibility index (Phi) is 7.28. The summed E-state index contributed by atoms with van der Waals surface area (Å²) >= 11 is 0. The van der Waals surface area contributed by atoms with Crippen molar-refractivity contribution in [2.45, 2.75) is 102 Å². The molecule has 3 saturated carbocycles. The van der Waals surface area contributed by atoms with Crippen LogP contribution >= 0.6 is 0 Å². The van der Waals surface area contributed by atoms with Gasteiger partial charge in [-0.3, -0.25) is 4.90 Å². The summed E-state index contributed by atoms with van der Waals surface area (Å²) in [7, 11) is -3.07. The van der Waals surface area contributed by atoms with E-state index in [2.05, 4.69) is 18.7 Å². The minimum Gasteiger partial charge on any atom is -0.298 e. The van der Waals surface area contributed by atoms with Crippen LogP contribution in [0.25, 0.3) is 0 Å². The van der Waals surface area contributed by atoms with Gasteiger partial charge in [-0.1, -0.05) is 46.0 Å². The summed E-state index contributed by atoms with van der Waals surface area (Å²) in [5.74, 6) is 3.71. The first-order valence-corrected chi connectivity index (χ1v) is 14.2. The van der Waals surface area contributed by atoms with E-state index in [-0.39, 0.29) is 5.25 Å². The van der Waals surface area contributed by atoms with Crippen LogP contribution in [0, 0.1) is 23.7 Å². The first-order chi connectivity index (χ1) is 14.0. The Labute approximate surface area is 179 Å². The van der Waals surface area contributed by atoms with Crippen LogP contribution in [-0.2, 0) is 10.0 Å². The molecule has 4 nitrogen and oxygen atoms in total. The maximum atomic E-state index is 13.0. The summed E-state index contributed by atoms with van der Waals surface area (Å²) in [5.41, 5.74) is 0. The van der Waals surface area contributed by atoms with Crippen molar-refractivity contribution < 1.29 is 8.42 Å². The molecule has 29 heavy (non-hydrogen) atoms. The third-order valence-electron chi connectivity index (χ3n) is 9.24. The summed E-state index contributed by atoms with van der Waals surface area (Å²) in [6.45, 7) is 8.29. The first-order valence-electron chi connectivity index (χ1n) is 12.7. The van der Waals surface area contributed by atoms with Crippen molar-refractivity contribution in [2.75, 3.05) is 26.2 Å². The van der Waals surface area contributed by atoms with Crippen LogP contribution in [0.4, 0.5) is 0 Å². The molecule has 0 radical (unpaired) electrons. The Bertz CT molecular complexity index is 615. The molecule has 4 fully saturated rings. The minimum absolute atomic E-state index is 0.0990. The van der Waals surface area contributed by atoms with Crippen molar-refractivity contribution in [1.29, 1.82) is 0 Å². The fourth-order valence-corrected chi connectivity index (χ4v) is 9.10. The molecule has 0 spiro atoms. The summed E-state index contributed by atoms with van der Waals surface area (Å²) in [5, 5.41) is -0.0990. The fourth-order valence-electron chi connectivity index (χ4n) is 7.08. The van der Waals surface area contributed by atoms with Gasteiger partial charge in [0.05, 0.1) is 5.25 Å². The molecule has 1 saturated heterocycles. The maximum Gasteiger partial charge on any atom is 0.217 e. The predicted octanol–water partition coefficient (Wildman–Crippen LogP) is 4.90. The van der Waals surface area contributed by atoms with Crippen molar-refractivity contribution >= 4 is 10.0 Å². The lowest BCUT2D eigenvalue weighted by atomic mass is 9.65. The second kappa shape index (κ2) is 9.56. The molecule has 5 heteroatoms. The van der Waals surface area contributed by atoms with Gasteiger partial charge in [-0.2, -0.15) is 4.31 Å². The quantitative estimate of drug-likeness (QED) is 0.644. The second-order valence-electron chi connectivity index (χ2n) is 10.7. The van der Waals surface area contributed by atoms with Crippen LogP contribution in [0.2, 0.25) is 0 Å². The van der Waals surface area contributed by atoms with E-state index in [0.29, 0.717) is 6.04 Å². The molecule has 1 aliphatic heterocycles. The maximum absolute atomic E-state index is 13.0. The topological polar surface area (TPSA) is 40.6 Å². The number of piperazine rings is 1. The van der Waals surface area contributed by atoms with Gasteiger partial charge in [0, 0.05) is 32.2 Å². The van der Waals surface area contributed by atoms with Gasteiger partial charge in [-0.15, -0.1) is 0 Å². The third-order valence-corrected chi connectivity index (χ3v) is 11.6. The van der Waals surface area contributed by atoms with Gasteiger partial charge in [0.15, 0.2) is 0 Å². The van der Waals surface area contributed by atoms with E-state index in [1.807, 2.05) is 4.31 Å². The van der Waals surface area contributed by atoms with Crippen LogP contribution in [0.15, 0.2) is 0 Å². The minimum atomic E-state index is -3.07. The van der Waals surface area contributed by atoms with Crippen LogP contribution in [0.1, 0.15) is 90.9 Å². The van der Waals surface area contributed by atoms with Crippen LogP contribution in [0.3, 0.4) is 0 Å². The number of rotatable bonds is 4. The number of nitrogens with zero attached hydrogens (tertiary/aromatic N) is 2. The van der Waals surface area contributed by atoms with Crippen LogP contribution < -0.4 is 0 Å². The van der Waals surface area contributed by atoms with Gasteiger partial charge in [-0.25, -0.2) is 8.42 Å². The molecule has 0 N–H and O–H groups in total. The van der Waals surface area contributed by atoms with Gasteiger partial charge >= 0.3 is 0 Å². The molecule has 4 aliphatic rings. The SMILES string of the molecule is CC1CCCC(C2CCC(N3CCN(S(=O)(=O)C4CCCCC4)CC3)CC2)C1C. The van der Waals surface area contributed by atoms with Crippen molar-refractivity contribution in [3.05, 3.63) is 0 Å². The lowest BCUT2D eigenvalue weighted by Gasteiger charge is -2.45. The lowest BCUT2D eigenvalue weighted by molar-refractivity contribution is 0.0549. The number of sulfonamides is 1. The van der Waals surface area contributed by atoms with E-state index in [4.69, 9.17) is 0 Å². The predicted molar refractivity (Wildman–Crippen MR) is 120 cm³/mol. The Morgan fingerprint density at radius 2 is 1.34 bits per heavy atom. The molecule has 0 bridgehead atoms. The highest BCUT2D eigenvalue weighted by atomic mass is 32.2. The highest BCUT2D eigenvalue weighted by molar-refractivity contribution is 7.89. The van der Waals surface area contributed by atoms with Gasteiger partial charge in [-0.05, 0) is 68.6 Å². The van der Waals surface area contributed by atoms with Crippen molar-refractivity contribution in [3.63, 3.8) is 0 Å². The smallest absolute Gasteiger partial charge is 0.217 e. The summed E-state index contributed by atoms with van der Waals surface area (Å²) in [4.78, 5) is 2.62. The number of hydrogen-bond acceptors (Lipinski definition) is 3. The molecule has 4 rings (SSSR count). The molecule has 3 atom stereocenters. The molecular formula is C24H44N2O2S. The molecule has 0 amide bonds. The standard InChI is InChI=1S/C24H44N2O2S/c1-19-7-6-10-24(20(19)2)21-11-13-22(14-12-21)25-15-17-26(18-16-25)29(27,28)23-8-4-3-5-9-23/h19-24H,3-18H2,1-2H3. The zero-order chi connectivity index (χ0) is 20.4. The molecule has 3 unspecified atom stereocenters. The van der Waals surface area contributed by atoms with E-state index in [9.17, 15) is 8.42 Å². The van der Waals surface area contributed by atoms with E-state index in [1.165, 1.54) is 51.4 Å². The number of hydrogen-bond donors (Lipinski definition) is 0. The summed E-state index contributed by atoms with van der Waals surface area (Å²) < 4.78 is 27.8. The Hall–Kier alpha value is -0.130. The average molecular weight is 425 g/mol. The molecule has 1 heterocycles. The molecule has 0 aromatic carbocycles. The zero-order valence-corrected chi connectivity index (χ0v) is 19.7. The molecular weight excluding hydrogens is 380 g/mol. The van der Waals surface area contributed by atoms with Crippen molar-refractivity contribution in [1.82, 2.24) is 9.21 Å². The van der Waals surface area contributed by atoms with Crippen molar-refractivity contribution in [2.24, 2.45) is 23.7 Å². The molecule has 0 aromatic heterocycles. The normalized spacial score (nSPS) is 39.4. The van der Waals surface area contributed by atoms with Gasteiger partial charge in [0.2, 0.25) is 10.0 Å². The van der Waals surface area contributed by atoms with Gasteiger partial charge < -0.3 is 0 Å². The highest BCUT2D eigenvalue weighted by Gasteiger charge is 2.38. The van der Waals surface area contributed by atoms with E-state index in [0.717, 1.165) is 75.5 Å². The second-order valence-corrected chi connectivity index (χ2v) is 13.0. The van der Waals surface area contributed by atoms with Crippen LogP contribution in [-0.4, -0.2) is 55.1 Å². The lowest BCUT2D eigenvalue weighted by Crippen LogP contribution is -2.54. The Balaban J connectivity index is 1.25. The van der Waals surface area contributed by atoms with Crippen LogP contribution in [0.5, 0.6) is 0 Å². The highest BCUT2D eigenvalue weighted by Crippen LogP contribution is 2.44.